The summed E-state index contributed by atoms with van der Waals surface area (Å²) in [5.41, 5.74) is 0.494. The minimum atomic E-state index is -0.469. The van der Waals surface area contributed by atoms with E-state index >= 15 is 0 Å². The van der Waals surface area contributed by atoms with Crippen LogP contribution < -0.4 is 4.74 Å². The molecule has 6 heteroatoms. The molecule has 0 spiro atoms. The zero-order valence-electron chi connectivity index (χ0n) is 13.2. The van der Waals surface area contributed by atoms with Crippen LogP contribution in [0.15, 0.2) is 41.8 Å². The molecule has 5 nitrogen and oxygen atoms in total. The topological polar surface area (TPSA) is 53.4 Å². The minimum Gasteiger partial charge on any atom is -0.497 e. The number of rotatable bonds is 5. The number of hydrogen-bond acceptors (Lipinski definition) is 5. The van der Waals surface area contributed by atoms with E-state index < -0.39 is 5.60 Å². The van der Waals surface area contributed by atoms with Crippen molar-refractivity contribution in [2.75, 3.05) is 12.9 Å². The molecule has 0 aliphatic carbocycles. The van der Waals surface area contributed by atoms with Crippen molar-refractivity contribution in [2.24, 2.45) is 0 Å². The Hall–Kier alpha value is -1.95. The maximum Gasteiger partial charge on any atom is 0.316 e. The van der Waals surface area contributed by atoms with Crippen LogP contribution in [0.3, 0.4) is 0 Å². The highest BCUT2D eigenvalue weighted by Crippen LogP contribution is 2.22. The van der Waals surface area contributed by atoms with E-state index in [0.29, 0.717) is 0 Å². The summed E-state index contributed by atoms with van der Waals surface area (Å²) in [6.07, 6.45) is 3.57. The molecular formula is C16H20N2O3S. The molecule has 2 aromatic rings. The number of hydrogen-bond donors (Lipinski definition) is 0. The van der Waals surface area contributed by atoms with Crippen molar-refractivity contribution in [3.05, 3.63) is 36.7 Å². The first kappa shape index (κ1) is 16.4. The van der Waals surface area contributed by atoms with Gasteiger partial charge in [0.2, 0.25) is 0 Å². The van der Waals surface area contributed by atoms with Crippen LogP contribution in [0.1, 0.15) is 20.8 Å². The molecule has 0 fully saturated rings. The zero-order chi connectivity index (χ0) is 16.2. The number of methoxy groups -OCH3 is 1. The molecular weight excluding hydrogens is 300 g/mol. The largest absolute Gasteiger partial charge is 0.497 e. The molecule has 0 aliphatic rings. The molecule has 1 heterocycles. The molecule has 2 rings (SSSR count). The van der Waals surface area contributed by atoms with Gasteiger partial charge in [-0.15, -0.1) is 0 Å². The highest BCUT2D eigenvalue weighted by Gasteiger charge is 2.17. The molecule has 0 amide bonds. The molecule has 0 saturated heterocycles. The summed E-state index contributed by atoms with van der Waals surface area (Å²) in [6, 6.07) is 7.66. The maximum atomic E-state index is 11.8. The van der Waals surface area contributed by atoms with Gasteiger partial charge < -0.3 is 9.47 Å². The molecule has 1 aromatic heterocycles. The Morgan fingerprint density at radius 1 is 1.27 bits per heavy atom. The summed E-state index contributed by atoms with van der Waals surface area (Å²) in [7, 11) is 1.63. The Labute approximate surface area is 134 Å². The zero-order valence-corrected chi connectivity index (χ0v) is 14.0. The molecule has 0 unspecified atom stereocenters. The van der Waals surface area contributed by atoms with E-state index in [1.807, 2.05) is 55.8 Å². The molecule has 0 radical (unpaired) electrons. The second-order valence-electron chi connectivity index (χ2n) is 5.65. The van der Waals surface area contributed by atoms with Gasteiger partial charge in [-0.25, -0.2) is 4.98 Å². The average Bonchev–Trinajstić information content (AvgIpc) is 2.92. The van der Waals surface area contributed by atoms with Crippen LogP contribution in [0, 0.1) is 0 Å². The van der Waals surface area contributed by atoms with Gasteiger partial charge in [-0.3, -0.25) is 9.36 Å². The fraction of sp³-hybridized carbons (Fsp3) is 0.375. The SMILES string of the molecule is COc1ccc(-n2ccnc2SCC(=O)OC(C)(C)C)cc1. The minimum absolute atomic E-state index is 0.227. The molecule has 0 atom stereocenters. The lowest BCUT2D eigenvalue weighted by atomic mass is 10.2. The highest BCUT2D eigenvalue weighted by atomic mass is 32.2. The molecule has 1 aromatic carbocycles. The number of esters is 1. The lowest BCUT2D eigenvalue weighted by molar-refractivity contribution is -0.151. The molecule has 0 N–H and O–H groups in total. The lowest BCUT2D eigenvalue weighted by Gasteiger charge is -2.19. The Morgan fingerprint density at radius 3 is 2.55 bits per heavy atom. The Bertz CT molecular complexity index is 630. The predicted molar refractivity (Wildman–Crippen MR) is 86.7 cm³/mol. The first-order valence-electron chi connectivity index (χ1n) is 6.91. The van der Waals surface area contributed by atoms with Crippen molar-refractivity contribution in [1.82, 2.24) is 9.55 Å². The molecule has 22 heavy (non-hydrogen) atoms. The second kappa shape index (κ2) is 6.87. The number of aromatic nitrogens is 2. The van der Waals surface area contributed by atoms with Crippen molar-refractivity contribution in [3.8, 4) is 11.4 Å². The van der Waals surface area contributed by atoms with Crippen LogP contribution >= 0.6 is 11.8 Å². The standard InChI is InChI=1S/C16H20N2O3S/c1-16(2,3)21-14(19)11-22-15-17-9-10-18(15)12-5-7-13(20-4)8-6-12/h5-10H,11H2,1-4H3. The number of carbonyl (C=O) groups excluding carboxylic acids is 1. The smallest absolute Gasteiger partial charge is 0.316 e. The third kappa shape index (κ3) is 4.53. The van der Waals surface area contributed by atoms with Crippen molar-refractivity contribution in [2.45, 2.75) is 31.5 Å². The van der Waals surface area contributed by atoms with Gasteiger partial charge in [0.1, 0.15) is 11.4 Å². The van der Waals surface area contributed by atoms with E-state index in [9.17, 15) is 4.79 Å². The van der Waals surface area contributed by atoms with Crippen molar-refractivity contribution in [3.63, 3.8) is 0 Å². The van der Waals surface area contributed by atoms with Crippen molar-refractivity contribution >= 4 is 17.7 Å². The average molecular weight is 320 g/mol. The van der Waals surface area contributed by atoms with Crippen LogP contribution in [0.4, 0.5) is 0 Å². The van der Waals surface area contributed by atoms with Crippen LogP contribution in [-0.2, 0) is 9.53 Å². The Morgan fingerprint density at radius 2 is 1.95 bits per heavy atom. The molecule has 0 bridgehead atoms. The monoisotopic (exact) mass is 320 g/mol. The van der Waals surface area contributed by atoms with E-state index in [4.69, 9.17) is 9.47 Å². The van der Waals surface area contributed by atoms with Crippen LogP contribution in [0.5, 0.6) is 5.75 Å². The van der Waals surface area contributed by atoms with Crippen LogP contribution in [-0.4, -0.2) is 34.0 Å². The fourth-order valence-corrected chi connectivity index (χ4v) is 2.58. The predicted octanol–water partition coefficient (Wildman–Crippen LogP) is 3.31. The van der Waals surface area contributed by atoms with Gasteiger partial charge >= 0.3 is 5.97 Å². The number of carbonyl (C=O) groups is 1. The third-order valence-corrected chi connectivity index (χ3v) is 3.64. The van der Waals surface area contributed by atoms with Gasteiger partial charge in [-0.05, 0) is 45.0 Å². The molecule has 0 aliphatic heterocycles. The quantitative estimate of drug-likeness (QED) is 0.625. The summed E-state index contributed by atoms with van der Waals surface area (Å²) in [4.78, 5) is 16.1. The van der Waals surface area contributed by atoms with Gasteiger partial charge in [-0.2, -0.15) is 0 Å². The summed E-state index contributed by atoms with van der Waals surface area (Å²) in [6.45, 7) is 5.57. The van der Waals surface area contributed by atoms with E-state index in [1.165, 1.54) is 11.8 Å². The van der Waals surface area contributed by atoms with Gasteiger partial charge in [0.25, 0.3) is 0 Å². The molecule has 118 valence electrons. The van der Waals surface area contributed by atoms with E-state index in [1.54, 1.807) is 13.3 Å². The number of ether oxygens (including phenoxy) is 2. The van der Waals surface area contributed by atoms with Crippen LogP contribution in [0.25, 0.3) is 5.69 Å². The summed E-state index contributed by atoms with van der Waals surface area (Å²) in [5, 5.41) is 0.746. The third-order valence-electron chi connectivity index (χ3n) is 2.70. The Balaban J connectivity index is 2.04. The second-order valence-corrected chi connectivity index (χ2v) is 6.60. The van der Waals surface area contributed by atoms with Gasteiger partial charge in [0.15, 0.2) is 5.16 Å². The number of imidazole rings is 1. The van der Waals surface area contributed by atoms with E-state index in [0.717, 1.165) is 16.6 Å². The van der Waals surface area contributed by atoms with E-state index in [-0.39, 0.29) is 11.7 Å². The van der Waals surface area contributed by atoms with Gasteiger partial charge in [0, 0.05) is 18.1 Å². The van der Waals surface area contributed by atoms with Gasteiger partial charge in [0.05, 0.1) is 12.9 Å². The first-order valence-corrected chi connectivity index (χ1v) is 7.90. The lowest BCUT2D eigenvalue weighted by Crippen LogP contribution is -2.25. The maximum absolute atomic E-state index is 11.8. The van der Waals surface area contributed by atoms with Crippen molar-refractivity contribution in [1.29, 1.82) is 0 Å². The van der Waals surface area contributed by atoms with Gasteiger partial charge in [-0.1, -0.05) is 11.8 Å². The van der Waals surface area contributed by atoms with Crippen molar-refractivity contribution < 1.29 is 14.3 Å². The summed E-state index contributed by atoms with van der Waals surface area (Å²) < 4.78 is 12.4. The summed E-state index contributed by atoms with van der Waals surface area (Å²) in [5.74, 6) is 0.776. The normalized spacial score (nSPS) is 11.3. The van der Waals surface area contributed by atoms with E-state index in [2.05, 4.69) is 4.98 Å². The summed E-state index contributed by atoms with van der Waals surface area (Å²) >= 11 is 1.35. The van der Waals surface area contributed by atoms with Crippen LogP contribution in [0.2, 0.25) is 0 Å². The number of thioether (sulfide) groups is 1. The number of benzene rings is 1. The first-order chi connectivity index (χ1) is 10.4. The fourth-order valence-electron chi connectivity index (χ4n) is 1.83. The highest BCUT2D eigenvalue weighted by molar-refractivity contribution is 7.99. The Kier molecular flexibility index (Phi) is 5.13. The molecule has 0 saturated carbocycles. The number of nitrogens with zero attached hydrogens (tertiary/aromatic N) is 2.